The summed E-state index contributed by atoms with van der Waals surface area (Å²) in [5.74, 6) is 0.188. The maximum absolute atomic E-state index is 13.3. The van der Waals surface area contributed by atoms with E-state index >= 15 is 0 Å². The van der Waals surface area contributed by atoms with Gasteiger partial charge in [0.15, 0.2) is 0 Å². The average Bonchev–Trinajstić information content (AvgIpc) is 3.10. The molecule has 1 aromatic heterocycles. The number of nitrogens with zero attached hydrogens (tertiary/aromatic N) is 3. The molecular weight excluding hydrogens is 458 g/mol. The number of rotatable bonds is 8. The summed E-state index contributed by atoms with van der Waals surface area (Å²) in [5, 5.41) is 4.03. The lowest BCUT2D eigenvalue weighted by Crippen LogP contribution is -2.16. The molecular formula is C21H26ClN3O6S. The second-order valence-corrected chi connectivity index (χ2v) is 10.3. The van der Waals surface area contributed by atoms with Crippen molar-refractivity contribution in [1.82, 2.24) is 9.78 Å². The lowest BCUT2D eigenvalue weighted by molar-refractivity contribution is -0.132. The number of carbonyl (C=O) groups excluding carboxylic acids is 2. The van der Waals surface area contributed by atoms with Crippen LogP contribution in [0.1, 0.15) is 42.1 Å². The van der Waals surface area contributed by atoms with Crippen LogP contribution in [-0.2, 0) is 26.3 Å². The van der Waals surface area contributed by atoms with Gasteiger partial charge in [0.25, 0.3) is 0 Å². The van der Waals surface area contributed by atoms with Gasteiger partial charge in [-0.1, -0.05) is 18.0 Å². The molecule has 1 aliphatic heterocycles. The van der Waals surface area contributed by atoms with Crippen molar-refractivity contribution >= 4 is 38.8 Å². The molecule has 0 saturated carbocycles. The van der Waals surface area contributed by atoms with Crippen LogP contribution in [0, 0.1) is 0 Å². The number of ketones is 1. The molecule has 1 aliphatic rings. The van der Waals surface area contributed by atoms with E-state index in [0.29, 0.717) is 23.9 Å². The summed E-state index contributed by atoms with van der Waals surface area (Å²) in [6.07, 6.45) is 3.95. The van der Waals surface area contributed by atoms with E-state index in [1.807, 2.05) is 0 Å². The molecule has 0 unspecified atom stereocenters. The number of benzene rings is 1. The minimum atomic E-state index is -2.51. The highest BCUT2D eigenvalue weighted by Crippen LogP contribution is 2.41. The van der Waals surface area contributed by atoms with Gasteiger partial charge in [-0.2, -0.15) is 9.46 Å². The molecule has 1 aromatic carbocycles. The fraction of sp³-hybridized carbons (Fsp3) is 0.476. The van der Waals surface area contributed by atoms with Crippen LogP contribution in [0.3, 0.4) is 0 Å². The molecule has 3 rings (SSSR count). The number of halogens is 1. The lowest BCUT2D eigenvalue weighted by atomic mass is 10.0. The SMILES string of the molecule is COCCOc1ccc(C(=O)c2cnn(C)c2OC(C)=O)c(Cl)c1N=S1(=O)CCCCC1. The lowest BCUT2D eigenvalue weighted by Gasteiger charge is -2.18. The van der Waals surface area contributed by atoms with Crippen LogP contribution in [0.4, 0.5) is 5.69 Å². The Morgan fingerprint density at radius 1 is 1.19 bits per heavy atom. The number of carbonyl (C=O) groups is 2. The summed E-state index contributed by atoms with van der Waals surface area (Å²) in [6.45, 7) is 1.82. The fourth-order valence-electron chi connectivity index (χ4n) is 3.33. The monoisotopic (exact) mass is 483 g/mol. The van der Waals surface area contributed by atoms with E-state index in [1.165, 1.54) is 23.9 Å². The molecule has 32 heavy (non-hydrogen) atoms. The Labute approximate surface area is 192 Å². The Morgan fingerprint density at radius 2 is 1.91 bits per heavy atom. The van der Waals surface area contributed by atoms with E-state index in [0.717, 1.165) is 19.3 Å². The summed E-state index contributed by atoms with van der Waals surface area (Å²) in [6, 6.07) is 3.07. The Hall–Kier alpha value is -2.43. The van der Waals surface area contributed by atoms with E-state index in [2.05, 4.69) is 9.46 Å². The quantitative estimate of drug-likeness (QED) is 0.321. The average molecular weight is 484 g/mol. The largest absolute Gasteiger partial charge is 0.489 e. The van der Waals surface area contributed by atoms with Crippen molar-refractivity contribution in [2.75, 3.05) is 31.8 Å². The fourth-order valence-corrected chi connectivity index (χ4v) is 5.88. The van der Waals surface area contributed by atoms with Gasteiger partial charge in [-0.3, -0.25) is 9.59 Å². The van der Waals surface area contributed by atoms with Gasteiger partial charge in [0, 0.05) is 38.2 Å². The zero-order valence-corrected chi connectivity index (χ0v) is 19.8. The highest BCUT2D eigenvalue weighted by molar-refractivity contribution is 7.93. The van der Waals surface area contributed by atoms with Crippen molar-refractivity contribution in [3.63, 3.8) is 0 Å². The molecule has 9 nitrogen and oxygen atoms in total. The summed E-state index contributed by atoms with van der Waals surface area (Å²) in [4.78, 5) is 24.7. The number of esters is 1. The van der Waals surface area contributed by atoms with E-state index in [1.54, 1.807) is 20.2 Å². The minimum Gasteiger partial charge on any atom is -0.489 e. The van der Waals surface area contributed by atoms with Gasteiger partial charge in [0.05, 0.1) is 27.6 Å². The van der Waals surface area contributed by atoms with Gasteiger partial charge in [0.2, 0.25) is 11.7 Å². The first-order valence-electron chi connectivity index (χ1n) is 10.2. The molecule has 174 valence electrons. The zero-order chi connectivity index (χ0) is 23.3. The standard InChI is InChI=1S/C21H26ClN3O6S/c1-14(26)31-21-16(13-23-25(21)2)20(27)15-7-8-17(30-10-9-29-3)19(18(15)22)24-32(28)11-5-4-6-12-32/h7-8,13H,4-6,9-12H2,1-3H3. The first kappa shape index (κ1) is 24.2. The Balaban J connectivity index is 2.08. The summed E-state index contributed by atoms with van der Waals surface area (Å²) < 4.78 is 35.0. The van der Waals surface area contributed by atoms with Crippen LogP contribution < -0.4 is 9.47 Å². The molecule has 0 radical (unpaired) electrons. The number of methoxy groups -OCH3 is 1. The summed E-state index contributed by atoms with van der Waals surface area (Å²) >= 11 is 6.63. The molecule has 0 N–H and O–H groups in total. The molecule has 0 atom stereocenters. The van der Waals surface area contributed by atoms with Crippen molar-refractivity contribution in [1.29, 1.82) is 0 Å². The molecule has 11 heteroatoms. The predicted octanol–water partition coefficient (Wildman–Crippen LogP) is 3.54. The van der Waals surface area contributed by atoms with Gasteiger partial charge < -0.3 is 14.2 Å². The number of ether oxygens (including phenoxy) is 3. The molecule has 0 aliphatic carbocycles. The van der Waals surface area contributed by atoms with E-state index in [4.69, 9.17) is 25.8 Å². The van der Waals surface area contributed by atoms with Crippen LogP contribution in [0.2, 0.25) is 5.02 Å². The molecule has 1 fully saturated rings. The number of aryl methyl sites for hydroxylation is 1. The van der Waals surface area contributed by atoms with Crippen molar-refractivity contribution in [3.8, 4) is 11.6 Å². The third-order valence-electron chi connectivity index (χ3n) is 4.92. The molecule has 1 saturated heterocycles. The van der Waals surface area contributed by atoms with E-state index in [9.17, 15) is 13.8 Å². The Morgan fingerprint density at radius 3 is 2.56 bits per heavy atom. The third kappa shape index (κ3) is 5.48. The summed E-state index contributed by atoms with van der Waals surface area (Å²) in [7, 11) is 0.592. The number of hydrogen-bond acceptors (Lipinski definition) is 8. The highest BCUT2D eigenvalue weighted by atomic mass is 35.5. The Kier molecular flexibility index (Phi) is 7.91. The highest BCUT2D eigenvalue weighted by Gasteiger charge is 2.26. The van der Waals surface area contributed by atoms with Crippen molar-refractivity contribution in [2.24, 2.45) is 11.4 Å². The van der Waals surface area contributed by atoms with E-state index in [-0.39, 0.29) is 34.3 Å². The van der Waals surface area contributed by atoms with Gasteiger partial charge in [-0.15, -0.1) is 0 Å². The molecule has 2 aromatic rings. The molecule has 0 spiro atoms. The predicted molar refractivity (Wildman–Crippen MR) is 121 cm³/mol. The van der Waals surface area contributed by atoms with Crippen LogP contribution in [0.25, 0.3) is 0 Å². The van der Waals surface area contributed by atoms with Crippen LogP contribution in [-0.4, -0.2) is 57.6 Å². The maximum Gasteiger partial charge on any atom is 0.309 e. The van der Waals surface area contributed by atoms with Gasteiger partial charge in [-0.25, -0.2) is 8.89 Å². The van der Waals surface area contributed by atoms with Crippen LogP contribution in [0.15, 0.2) is 22.7 Å². The normalized spacial score (nSPS) is 15.2. The summed E-state index contributed by atoms with van der Waals surface area (Å²) in [5.41, 5.74) is 0.369. The number of hydrogen-bond donors (Lipinski definition) is 0. The Bertz CT molecular complexity index is 1120. The molecule has 0 bridgehead atoms. The second-order valence-electron chi connectivity index (χ2n) is 7.36. The second kappa shape index (κ2) is 10.5. The third-order valence-corrected chi connectivity index (χ3v) is 7.67. The smallest absolute Gasteiger partial charge is 0.309 e. The maximum atomic E-state index is 13.3. The first-order chi connectivity index (χ1) is 15.3. The minimum absolute atomic E-state index is 0.00989. The van der Waals surface area contributed by atoms with Crippen LogP contribution in [0.5, 0.6) is 11.6 Å². The van der Waals surface area contributed by atoms with Crippen molar-refractivity contribution < 1.29 is 28.0 Å². The molecule has 0 amide bonds. The number of aromatic nitrogens is 2. The van der Waals surface area contributed by atoms with Gasteiger partial charge in [-0.05, 0) is 25.0 Å². The van der Waals surface area contributed by atoms with Crippen molar-refractivity contribution in [3.05, 3.63) is 34.5 Å². The van der Waals surface area contributed by atoms with Crippen molar-refractivity contribution in [2.45, 2.75) is 26.2 Å². The zero-order valence-electron chi connectivity index (χ0n) is 18.3. The van der Waals surface area contributed by atoms with Crippen LogP contribution >= 0.6 is 11.6 Å². The van der Waals surface area contributed by atoms with Gasteiger partial charge in [0.1, 0.15) is 23.6 Å². The molecule has 2 heterocycles. The van der Waals surface area contributed by atoms with Gasteiger partial charge >= 0.3 is 5.97 Å². The topological polar surface area (TPSA) is 109 Å². The van der Waals surface area contributed by atoms with E-state index < -0.39 is 21.5 Å². The first-order valence-corrected chi connectivity index (χ1v) is 12.4.